The monoisotopic (exact) mass is 238 g/mol. The minimum absolute atomic E-state index is 1.09. The van der Waals surface area contributed by atoms with Crippen LogP contribution < -0.4 is 0 Å². The molecule has 0 aliphatic heterocycles. The predicted octanol–water partition coefficient (Wildman–Crippen LogP) is 4.27. The summed E-state index contributed by atoms with van der Waals surface area (Å²) in [7, 11) is 0. The van der Waals surface area contributed by atoms with Crippen molar-refractivity contribution < 1.29 is 0 Å². The van der Waals surface area contributed by atoms with Gasteiger partial charge in [-0.2, -0.15) is 0 Å². The van der Waals surface area contributed by atoms with Crippen molar-refractivity contribution >= 4 is 21.5 Å². The lowest BCUT2D eigenvalue weighted by Crippen LogP contribution is -1.83. The molecule has 0 spiro atoms. The standard InChI is InChI=1S/C12H15Br/c1-11(7-5-6-10-13)12-8-3-2-4-9-12/h2-4,8-9H,1,5-7,10H2. The SMILES string of the molecule is C=C(CCCCBr)c1ccccc1. The molecule has 0 N–H and O–H groups in total. The van der Waals surface area contributed by atoms with Crippen LogP contribution in [-0.2, 0) is 0 Å². The van der Waals surface area contributed by atoms with Crippen LogP contribution >= 0.6 is 15.9 Å². The van der Waals surface area contributed by atoms with Crippen LogP contribution in [0.1, 0.15) is 24.8 Å². The quantitative estimate of drug-likeness (QED) is 0.531. The maximum absolute atomic E-state index is 4.08. The van der Waals surface area contributed by atoms with E-state index in [4.69, 9.17) is 0 Å². The molecule has 13 heavy (non-hydrogen) atoms. The molecule has 0 heterocycles. The van der Waals surface area contributed by atoms with Crippen LogP contribution in [-0.4, -0.2) is 5.33 Å². The molecule has 1 aromatic carbocycles. The van der Waals surface area contributed by atoms with Gasteiger partial charge in [-0.05, 0) is 30.4 Å². The maximum atomic E-state index is 4.08. The molecular weight excluding hydrogens is 224 g/mol. The molecule has 0 saturated heterocycles. The molecule has 0 unspecified atom stereocenters. The summed E-state index contributed by atoms with van der Waals surface area (Å²) in [5, 5.41) is 1.09. The molecular formula is C12H15Br. The Bertz CT molecular complexity index is 251. The molecule has 0 atom stereocenters. The zero-order valence-electron chi connectivity index (χ0n) is 7.80. The highest BCUT2D eigenvalue weighted by molar-refractivity contribution is 9.09. The minimum Gasteiger partial charge on any atom is -0.0952 e. The molecule has 0 bridgehead atoms. The first-order valence-corrected chi connectivity index (χ1v) is 5.76. The van der Waals surface area contributed by atoms with Crippen molar-refractivity contribution in [3.63, 3.8) is 0 Å². The van der Waals surface area contributed by atoms with Gasteiger partial charge in [0, 0.05) is 5.33 Å². The van der Waals surface area contributed by atoms with Gasteiger partial charge >= 0.3 is 0 Å². The third kappa shape index (κ3) is 3.77. The van der Waals surface area contributed by atoms with Gasteiger partial charge in [-0.25, -0.2) is 0 Å². The first-order chi connectivity index (χ1) is 6.34. The van der Waals surface area contributed by atoms with Gasteiger partial charge in [-0.1, -0.05) is 52.8 Å². The summed E-state index contributed by atoms with van der Waals surface area (Å²) in [6.45, 7) is 4.08. The van der Waals surface area contributed by atoms with Crippen molar-refractivity contribution in [2.45, 2.75) is 19.3 Å². The largest absolute Gasteiger partial charge is 0.0952 e. The van der Waals surface area contributed by atoms with Gasteiger partial charge < -0.3 is 0 Å². The Hall–Kier alpha value is -0.560. The van der Waals surface area contributed by atoms with E-state index in [9.17, 15) is 0 Å². The average Bonchev–Trinajstić information content (AvgIpc) is 2.19. The second-order valence-corrected chi connectivity index (χ2v) is 3.91. The molecule has 0 nitrogen and oxygen atoms in total. The molecule has 0 radical (unpaired) electrons. The Morgan fingerprint density at radius 3 is 2.46 bits per heavy atom. The van der Waals surface area contributed by atoms with Gasteiger partial charge in [-0.3, -0.25) is 0 Å². The van der Waals surface area contributed by atoms with Gasteiger partial charge in [0.2, 0.25) is 0 Å². The van der Waals surface area contributed by atoms with E-state index in [2.05, 4.69) is 46.8 Å². The van der Waals surface area contributed by atoms with E-state index < -0.39 is 0 Å². The van der Waals surface area contributed by atoms with E-state index >= 15 is 0 Å². The highest BCUT2D eigenvalue weighted by Gasteiger charge is 1.96. The lowest BCUT2D eigenvalue weighted by molar-refractivity contribution is 0.837. The normalized spacial score (nSPS) is 9.92. The molecule has 1 aromatic rings. The molecule has 0 amide bonds. The van der Waals surface area contributed by atoms with Crippen LogP contribution in [0.5, 0.6) is 0 Å². The minimum atomic E-state index is 1.09. The van der Waals surface area contributed by atoms with Crippen molar-refractivity contribution in [1.29, 1.82) is 0 Å². The fraction of sp³-hybridized carbons (Fsp3) is 0.333. The van der Waals surface area contributed by atoms with E-state index in [0.717, 1.165) is 11.8 Å². The Morgan fingerprint density at radius 1 is 1.15 bits per heavy atom. The smallest absolute Gasteiger partial charge is 0.00314 e. The topological polar surface area (TPSA) is 0 Å². The van der Waals surface area contributed by atoms with Crippen molar-refractivity contribution in [2.75, 3.05) is 5.33 Å². The molecule has 0 aromatic heterocycles. The summed E-state index contributed by atoms with van der Waals surface area (Å²) in [6, 6.07) is 10.4. The fourth-order valence-electron chi connectivity index (χ4n) is 1.25. The first-order valence-electron chi connectivity index (χ1n) is 4.64. The van der Waals surface area contributed by atoms with Gasteiger partial charge in [0.15, 0.2) is 0 Å². The zero-order valence-corrected chi connectivity index (χ0v) is 9.39. The summed E-state index contributed by atoms with van der Waals surface area (Å²) in [5.41, 5.74) is 2.53. The molecule has 1 rings (SSSR count). The van der Waals surface area contributed by atoms with E-state index in [-0.39, 0.29) is 0 Å². The number of hydrogen-bond acceptors (Lipinski definition) is 0. The van der Waals surface area contributed by atoms with Crippen LogP contribution in [0.2, 0.25) is 0 Å². The number of unbranched alkanes of at least 4 members (excludes halogenated alkanes) is 1. The molecule has 70 valence electrons. The van der Waals surface area contributed by atoms with E-state index in [0.29, 0.717) is 0 Å². The number of benzene rings is 1. The Morgan fingerprint density at radius 2 is 1.85 bits per heavy atom. The van der Waals surface area contributed by atoms with Crippen LogP contribution in [0, 0.1) is 0 Å². The lowest BCUT2D eigenvalue weighted by Gasteiger charge is -2.04. The van der Waals surface area contributed by atoms with E-state index in [1.807, 2.05) is 6.07 Å². The first kappa shape index (κ1) is 10.5. The summed E-state index contributed by atoms with van der Waals surface area (Å²) in [6.07, 6.45) is 3.56. The second-order valence-electron chi connectivity index (χ2n) is 3.12. The summed E-state index contributed by atoms with van der Waals surface area (Å²) in [4.78, 5) is 0. The molecule has 0 aliphatic carbocycles. The number of halogens is 1. The van der Waals surface area contributed by atoms with Crippen molar-refractivity contribution in [3.05, 3.63) is 42.5 Å². The highest BCUT2D eigenvalue weighted by Crippen LogP contribution is 2.18. The number of alkyl halides is 1. The summed E-state index contributed by atoms with van der Waals surface area (Å²) < 4.78 is 0. The predicted molar refractivity (Wildman–Crippen MR) is 63.1 cm³/mol. The number of rotatable bonds is 5. The third-order valence-corrected chi connectivity index (χ3v) is 2.60. The van der Waals surface area contributed by atoms with E-state index in [1.54, 1.807) is 0 Å². The van der Waals surface area contributed by atoms with Crippen LogP contribution in [0.25, 0.3) is 5.57 Å². The van der Waals surface area contributed by atoms with Crippen LogP contribution in [0.3, 0.4) is 0 Å². The molecule has 0 aliphatic rings. The number of allylic oxidation sites excluding steroid dienone is 1. The van der Waals surface area contributed by atoms with Crippen molar-refractivity contribution in [3.8, 4) is 0 Å². The van der Waals surface area contributed by atoms with E-state index in [1.165, 1.54) is 24.0 Å². The van der Waals surface area contributed by atoms with Crippen LogP contribution in [0.15, 0.2) is 36.9 Å². The summed E-state index contributed by atoms with van der Waals surface area (Å²) in [5.74, 6) is 0. The number of hydrogen-bond donors (Lipinski definition) is 0. The highest BCUT2D eigenvalue weighted by atomic mass is 79.9. The van der Waals surface area contributed by atoms with Gasteiger partial charge in [-0.15, -0.1) is 0 Å². The van der Waals surface area contributed by atoms with Crippen molar-refractivity contribution in [2.24, 2.45) is 0 Å². The van der Waals surface area contributed by atoms with Gasteiger partial charge in [0.1, 0.15) is 0 Å². The lowest BCUT2D eigenvalue weighted by atomic mass is 10.0. The second kappa shape index (κ2) is 5.98. The van der Waals surface area contributed by atoms with Crippen molar-refractivity contribution in [1.82, 2.24) is 0 Å². The third-order valence-electron chi connectivity index (χ3n) is 2.04. The fourth-order valence-corrected chi connectivity index (χ4v) is 1.65. The Labute approximate surface area is 88.8 Å². The maximum Gasteiger partial charge on any atom is 0.00314 e. The zero-order chi connectivity index (χ0) is 9.52. The Balaban J connectivity index is 2.40. The van der Waals surface area contributed by atoms with Gasteiger partial charge in [0.05, 0.1) is 0 Å². The summed E-state index contributed by atoms with van der Waals surface area (Å²) >= 11 is 3.43. The Kier molecular flexibility index (Phi) is 4.84. The molecule has 1 heteroatoms. The molecule has 0 saturated carbocycles. The average molecular weight is 239 g/mol. The van der Waals surface area contributed by atoms with Gasteiger partial charge in [0.25, 0.3) is 0 Å². The van der Waals surface area contributed by atoms with Crippen LogP contribution in [0.4, 0.5) is 0 Å². The molecule has 0 fully saturated rings.